The van der Waals surface area contributed by atoms with Crippen molar-refractivity contribution in [1.82, 2.24) is 9.97 Å². The topological polar surface area (TPSA) is 150 Å². The molecule has 0 aliphatic rings. The smallest absolute Gasteiger partial charge is 0.358 e. The molecule has 0 saturated carbocycles. The lowest BCUT2D eigenvalue weighted by Crippen LogP contribution is -2.15. The second-order valence-electron chi connectivity index (χ2n) is 5.31. The zero-order valence-electron chi connectivity index (χ0n) is 13.5. The van der Waals surface area contributed by atoms with Crippen LogP contribution in [-0.4, -0.2) is 37.2 Å². The van der Waals surface area contributed by atoms with Gasteiger partial charge in [0.15, 0.2) is 5.69 Å². The van der Waals surface area contributed by atoms with Gasteiger partial charge in [0, 0.05) is 11.1 Å². The summed E-state index contributed by atoms with van der Waals surface area (Å²) in [6.07, 6.45) is 0. The van der Waals surface area contributed by atoms with Crippen molar-refractivity contribution in [3.63, 3.8) is 0 Å². The number of aromatic amines is 1. The van der Waals surface area contributed by atoms with E-state index in [0.717, 1.165) is 11.3 Å². The standard InChI is InChI=1S/C17H12N2O7S/c20-12-11(16(22)23)18-14(19-15(12)21)8-2-1-3-10(6-8)26-7-9-4-5-27-13(9)17(24)25/h1-6,20H,7H2,(H,22,23)(H,24,25)(H,18,19,21). The number of carboxylic acids is 2. The van der Waals surface area contributed by atoms with Crippen molar-refractivity contribution in [2.45, 2.75) is 6.61 Å². The fourth-order valence-electron chi connectivity index (χ4n) is 2.28. The van der Waals surface area contributed by atoms with E-state index in [4.69, 9.17) is 14.9 Å². The molecule has 27 heavy (non-hydrogen) atoms. The summed E-state index contributed by atoms with van der Waals surface area (Å²) in [5.41, 5.74) is -0.865. The maximum absolute atomic E-state index is 11.7. The van der Waals surface area contributed by atoms with Gasteiger partial charge in [-0.3, -0.25) is 4.79 Å². The molecular weight excluding hydrogens is 376 g/mol. The molecule has 0 atom stereocenters. The van der Waals surface area contributed by atoms with Crippen molar-refractivity contribution in [2.75, 3.05) is 0 Å². The molecule has 0 saturated heterocycles. The lowest BCUT2D eigenvalue weighted by molar-refractivity contribution is 0.0680. The zero-order chi connectivity index (χ0) is 19.6. The highest BCUT2D eigenvalue weighted by molar-refractivity contribution is 7.12. The normalized spacial score (nSPS) is 10.5. The molecule has 0 unspecified atom stereocenters. The summed E-state index contributed by atoms with van der Waals surface area (Å²) in [4.78, 5) is 40.2. The Morgan fingerprint density at radius 1 is 1.19 bits per heavy atom. The number of thiophene rings is 1. The van der Waals surface area contributed by atoms with Gasteiger partial charge in [-0.15, -0.1) is 11.3 Å². The van der Waals surface area contributed by atoms with Gasteiger partial charge in [-0.1, -0.05) is 12.1 Å². The number of aromatic hydroxyl groups is 1. The number of carbonyl (C=O) groups is 2. The summed E-state index contributed by atoms with van der Waals surface area (Å²) in [6, 6.07) is 7.95. The second kappa shape index (κ2) is 7.30. The number of hydrogen-bond donors (Lipinski definition) is 4. The number of ether oxygens (including phenoxy) is 1. The number of nitrogens with zero attached hydrogens (tertiary/aromatic N) is 1. The van der Waals surface area contributed by atoms with E-state index in [0.29, 0.717) is 16.9 Å². The van der Waals surface area contributed by atoms with Crippen molar-refractivity contribution in [3.8, 4) is 22.9 Å². The Morgan fingerprint density at radius 3 is 2.67 bits per heavy atom. The summed E-state index contributed by atoms with van der Waals surface area (Å²) in [7, 11) is 0. The molecule has 138 valence electrons. The summed E-state index contributed by atoms with van der Waals surface area (Å²) in [5, 5.41) is 29.3. The fourth-order valence-corrected chi connectivity index (χ4v) is 3.03. The van der Waals surface area contributed by atoms with Gasteiger partial charge in [-0.2, -0.15) is 0 Å². The van der Waals surface area contributed by atoms with E-state index < -0.39 is 28.9 Å². The van der Waals surface area contributed by atoms with Crippen molar-refractivity contribution >= 4 is 23.3 Å². The van der Waals surface area contributed by atoms with Gasteiger partial charge in [-0.25, -0.2) is 14.6 Å². The maximum atomic E-state index is 11.7. The Morgan fingerprint density at radius 2 is 1.96 bits per heavy atom. The van der Waals surface area contributed by atoms with Gasteiger partial charge in [0.25, 0.3) is 5.56 Å². The molecule has 0 aliphatic carbocycles. The van der Waals surface area contributed by atoms with Gasteiger partial charge < -0.3 is 25.0 Å². The summed E-state index contributed by atoms with van der Waals surface area (Å²) >= 11 is 1.09. The molecule has 0 bridgehead atoms. The van der Waals surface area contributed by atoms with E-state index in [2.05, 4.69) is 9.97 Å². The number of aromatic nitrogens is 2. The van der Waals surface area contributed by atoms with Crippen molar-refractivity contribution in [1.29, 1.82) is 0 Å². The number of H-pyrrole nitrogens is 1. The number of benzene rings is 1. The number of aromatic carboxylic acids is 2. The second-order valence-corrected chi connectivity index (χ2v) is 6.23. The summed E-state index contributed by atoms with van der Waals surface area (Å²) in [5.74, 6) is -3.24. The molecule has 2 aromatic heterocycles. The number of carboxylic acid groups (broad SMARTS) is 2. The molecular formula is C17H12N2O7S. The Bertz CT molecular complexity index is 1090. The third-order valence-electron chi connectivity index (χ3n) is 3.54. The van der Waals surface area contributed by atoms with E-state index in [1.807, 2.05) is 0 Å². The van der Waals surface area contributed by atoms with Gasteiger partial charge in [0.1, 0.15) is 23.1 Å². The molecule has 10 heteroatoms. The molecule has 3 rings (SSSR count). The van der Waals surface area contributed by atoms with E-state index in [1.54, 1.807) is 29.6 Å². The fraction of sp³-hybridized carbons (Fsp3) is 0.0588. The number of nitrogens with one attached hydrogen (secondary N) is 1. The molecule has 4 N–H and O–H groups in total. The first kappa shape index (κ1) is 18.1. The molecule has 9 nitrogen and oxygen atoms in total. The molecule has 0 radical (unpaired) electrons. The van der Waals surface area contributed by atoms with Crippen molar-refractivity contribution < 1.29 is 29.6 Å². The Balaban J connectivity index is 1.88. The van der Waals surface area contributed by atoms with Crippen LogP contribution in [0.4, 0.5) is 0 Å². The van der Waals surface area contributed by atoms with E-state index in [9.17, 15) is 19.5 Å². The van der Waals surface area contributed by atoms with Crippen LogP contribution >= 0.6 is 11.3 Å². The highest BCUT2D eigenvalue weighted by Crippen LogP contribution is 2.24. The highest BCUT2D eigenvalue weighted by atomic mass is 32.1. The molecule has 0 fully saturated rings. The average molecular weight is 388 g/mol. The van der Waals surface area contributed by atoms with Crippen LogP contribution in [-0.2, 0) is 6.61 Å². The molecule has 1 aromatic carbocycles. The molecule has 2 heterocycles. The number of rotatable bonds is 6. The Labute approximate surface area is 155 Å². The minimum atomic E-state index is -1.54. The van der Waals surface area contributed by atoms with Crippen LogP contribution in [0.5, 0.6) is 11.5 Å². The average Bonchev–Trinajstić information content (AvgIpc) is 3.11. The quantitative estimate of drug-likeness (QED) is 0.502. The first-order valence-corrected chi connectivity index (χ1v) is 8.34. The lowest BCUT2D eigenvalue weighted by atomic mass is 10.2. The van der Waals surface area contributed by atoms with Gasteiger partial charge in [0.2, 0.25) is 5.75 Å². The van der Waals surface area contributed by atoms with Crippen LogP contribution in [0, 0.1) is 0 Å². The maximum Gasteiger partial charge on any atom is 0.358 e. The molecule has 3 aromatic rings. The first-order valence-electron chi connectivity index (χ1n) is 7.46. The van der Waals surface area contributed by atoms with Crippen molar-refractivity contribution in [2.24, 2.45) is 0 Å². The largest absolute Gasteiger partial charge is 0.501 e. The predicted octanol–water partition coefficient (Wildman–Crippen LogP) is 2.18. The minimum absolute atomic E-state index is 0.0223. The van der Waals surface area contributed by atoms with E-state index in [1.165, 1.54) is 6.07 Å². The van der Waals surface area contributed by atoms with Crippen LogP contribution in [0.3, 0.4) is 0 Å². The number of hydrogen-bond acceptors (Lipinski definition) is 7. The van der Waals surface area contributed by atoms with Gasteiger partial charge in [0.05, 0.1) is 0 Å². The van der Waals surface area contributed by atoms with E-state index in [-0.39, 0.29) is 17.3 Å². The van der Waals surface area contributed by atoms with E-state index >= 15 is 0 Å². The third-order valence-corrected chi connectivity index (χ3v) is 4.48. The van der Waals surface area contributed by atoms with Crippen LogP contribution in [0.1, 0.15) is 25.7 Å². The summed E-state index contributed by atoms with van der Waals surface area (Å²) in [6.45, 7) is 0.0223. The molecule has 0 aliphatic heterocycles. The molecule has 0 amide bonds. The van der Waals surface area contributed by atoms with Crippen LogP contribution in [0.15, 0.2) is 40.5 Å². The minimum Gasteiger partial charge on any atom is -0.501 e. The SMILES string of the molecule is O=C(O)c1nc(-c2cccc(OCc3ccsc3C(=O)O)c2)[nH]c(=O)c1O. The van der Waals surface area contributed by atoms with Crippen molar-refractivity contribution in [3.05, 3.63) is 62.2 Å². The van der Waals surface area contributed by atoms with Crippen LogP contribution in [0.25, 0.3) is 11.4 Å². The third kappa shape index (κ3) is 3.80. The zero-order valence-corrected chi connectivity index (χ0v) is 14.3. The van der Waals surface area contributed by atoms with Crippen LogP contribution < -0.4 is 10.3 Å². The Hall–Kier alpha value is -3.66. The molecule has 0 spiro atoms. The van der Waals surface area contributed by atoms with Gasteiger partial charge >= 0.3 is 11.9 Å². The lowest BCUT2D eigenvalue weighted by Gasteiger charge is -2.08. The Kier molecular flexibility index (Phi) is 4.90. The van der Waals surface area contributed by atoms with Gasteiger partial charge in [-0.05, 0) is 23.6 Å². The highest BCUT2D eigenvalue weighted by Gasteiger charge is 2.18. The predicted molar refractivity (Wildman–Crippen MR) is 94.5 cm³/mol. The summed E-state index contributed by atoms with van der Waals surface area (Å²) < 4.78 is 5.59. The van der Waals surface area contributed by atoms with Crippen LogP contribution in [0.2, 0.25) is 0 Å². The monoisotopic (exact) mass is 388 g/mol. The first-order chi connectivity index (χ1) is 12.9.